The van der Waals surface area contributed by atoms with Crippen LogP contribution in [0, 0.1) is 0 Å². The molecule has 0 aromatic rings. The van der Waals surface area contributed by atoms with Gasteiger partial charge >= 0.3 is 5.97 Å². The van der Waals surface area contributed by atoms with E-state index in [4.69, 9.17) is 21.1 Å². The van der Waals surface area contributed by atoms with Gasteiger partial charge in [0, 0.05) is 6.54 Å². The number of hydrogen-bond donors (Lipinski definition) is 5. The van der Waals surface area contributed by atoms with Crippen molar-refractivity contribution in [1.82, 2.24) is 5.32 Å². The predicted molar refractivity (Wildman–Crippen MR) is 46.2 cm³/mol. The van der Waals surface area contributed by atoms with Crippen LogP contribution >= 0.6 is 0 Å². The molecule has 0 saturated carbocycles. The van der Waals surface area contributed by atoms with Gasteiger partial charge < -0.3 is 26.4 Å². The van der Waals surface area contributed by atoms with Gasteiger partial charge in [-0.05, 0) is 6.92 Å². The number of carboxylic acids is 1. The Kier molecular flexibility index (Phi) is 4.86. The Bertz CT molecular complexity index is 170. The Morgan fingerprint density at radius 2 is 2.00 bits per heavy atom. The van der Waals surface area contributed by atoms with Gasteiger partial charge in [0.05, 0.1) is 18.8 Å². The Morgan fingerprint density at radius 3 is 2.31 bits per heavy atom. The Balaban J connectivity index is 3.92. The summed E-state index contributed by atoms with van der Waals surface area (Å²) in [6, 6.07) is -1.03. The zero-order valence-electron chi connectivity index (χ0n) is 7.53. The molecule has 13 heavy (non-hydrogen) atoms. The number of carbonyl (C=O) groups is 1. The first-order valence-electron chi connectivity index (χ1n) is 3.90. The molecule has 0 aliphatic heterocycles. The second-order valence-electron chi connectivity index (χ2n) is 3.20. The van der Waals surface area contributed by atoms with Gasteiger partial charge in [0.2, 0.25) is 0 Å². The van der Waals surface area contributed by atoms with Crippen molar-refractivity contribution in [3.63, 3.8) is 0 Å². The van der Waals surface area contributed by atoms with E-state index in [-0.39, 0.29) is 19.8 Å². The third-order valence-corrected chi connectivity index (χ3v) is 1.76. The van der Waals surface area contributed by atoms with Crippen molar-refractivity contribution >= 4 is 5.97 Å². The Morgan fingerprint density at radius 1 is 1.54 bits per heavy atom. The summed E-state index contributed by atoms with van der Waals surface area (Å²) in [4.78, 5) is 10.3. The van der Waals surface area contributed by atoms with E-state index in [1.807, 2.05) is 0 Å². The molecule has 78 valence electrons. The quantitative estimate of drug-likeness (QED) is 0.324. The maximum absolute atomic E-state index is 10.3. The van der Waals surface area contributed by atoms with Gasteiger partial charge in [0.1, 0.15) is 6.04 Å². The van der Waals surface area contributed by atoms with Crippen molar-refractivity contribution < 1.29 is 20.1 Å². The average Bonchev–Trinajstić information content (AvgIpc) is 2.13. The van der Waals surface area contributed by atoms with Crippen LogP contribution in [0.1, 0.15) is 6.92 Å². The molecule has 0 rings (SSSR count). The van der Waals surface area contributed by atoms with Crippen LogP contribution in [0.4, 0.5) is 0 Å². The monoisotopic (exact) mass is 192 g/mol. The standard InChI is InChI=1S/C7H16N2O4/c1-7(3-10,4-11)9-2-5(8)6(12)13/h5,9-11H,2-4,8H2,1H3,(H,12,13). The van der Waals surface area contributed by atoms with Crippen LogP contribution in [0.2, 0.25) is 0 Å². The second kappa shape index (κ2) is 5.13. The number of nitrogens with one attached hydrogen (secondary N) is 1. The van der Waals surface area contributed by atoms with Gasteiger partial charge in [-0.25, -0.2) is 0 Å². The highest BCUT2D eigenvalue weighted by Gasteiger charge is 2.23. The van der Waals surface area contributed by atoms with Gasteiger partial charge in [0.25, 0.3) is 0 Å². The molecule has 0 heterocycles. The molecular weight excluding hydrogens is 176 g/mol. The molecule has 6 N–H and O–H groups in total. The minimum atomic E-state index is -1.12. The smallest absolute Gasteiger partial charge is 0.321 e. The van der Waals surface area contributed by atoms with E-state index >= 15 is 0 Å². The van der Waals surface area contributed by atoms with Gasteiger partial charge in [-0.1, -0.05) is 0 Å². The first kappa shape index (κ1) is 12.3. The summed E-state index contributed by atoms with van der Waals surface area (Å²) in [7, 11) is 0. The van der Waals surface area contributed by atoms with Crippen LogP contribution in [0.3, 0.4) is 0 Å². The number of aliphatic hydroxyl groups is 2. The van der Waals surface area contributed by atoms with Crippen molar-refractivity contribution in [1.29, 1.82) is 0 Å². The molecule has 0 saturated heterocycles. The fraction of sp³-hybridized carbons (Fsp3) is 0.857. The van der Waals surface area contributed by atoms with E-state index in [9.17, 15) is 4.79 Å². The van der Waals surface area contributed by atoms with E-state index in [1.165, 1.54) is 0 Å². The fourth-order valence-electron chi connectivity index (χ4n) is 0.605. The Hall–Kier alpha value is -0.690. The predicted octanol–water partition coefficient (Wildman–Crippen LogP) is -2.27. The lowest BCUT2D eigenvalue weighted by Crippen LogP contribution is -2.54. The molecule has 0 amide bonds. The lowest BCUT2D eigenvalue weighted by Gasteiger charge is -2.27. The maximum Gasteiger partial charge on any atom is 0.321 e. The minimum Gasteiger partial charge on any atom is -0.480 e. The molecule has 0 spiro atoms. The van der Waals surface area contributed by atoms with E-state index in [0.717, 1.165) is 0 Å². The van der Waals surface area contributed by atoms with Crippen molar-refractivity contribution in [3.05, 3.63) is 0 Å². The van der Waals surface area contributed by atoms with Crippen molar-refractivity contribution in [2.75, 3.05) is 19.8 Å². The largest absolute Gasteiger partial charge is 0.480 e. The molecule has 0 fully saturated rings. The van der Waals surface area contributed by atoms with E-state index < -0.39 is 17.6 Å². The van der Waals surface area contributed by atoms with Crippen LogP contribution in [-0.4, -0.2) is 52.6 Å². The molecule has 0 aromatic heterocycles. The van der Waals surface area contributed by atoms with Crippen molar-refractivity contribution in [2.45, 2.75) is 18.5 Å². The molecule has 0 radical (unpaired) electrons. The molecule has 0 aliphatic carbocycles. The van der Waals surface area contributed by atoms with Gasteiger partial charge in [-0.15, -0.1) is 0 Å². The number of carboxylic acid groups (broad SMARTS) is 1. The van der Waals surface area contributed by atoms with Gasteiger partial charge in [-0.3, -0.25) is 4.79 Å². The molecular formula is C7H16N2O4. The summed E-state index contributed by atoms with van der Waals surface area (Å²) < 4.78 is 0. The summed E-state index contributed by atoms with van der Waals surface area (Å²) in [6.07, 6.45) is 0. The summed E-state index contributed by atoms with van der Waals surface area (Å²) in [6.45, 7) is 1.01. The van der Waals surface area contributed by atoms with E-state index in [0.29, 0.717) is 0 Å². The lowest BCUT2D eigenvalue weighted by atomic mass is 10.1. The Labute approximate surface area is 76.4 Å². The topological polar surface area (TPSA) is 116 Å². The zero-order chi connectivity index (χ0) is 10.5. The SMILES string of the molecule is CC(CO)(CO)NCC(N)C(=O)O. The van der Waals surface area contributed by atoms with Crippen molar-refractivity contribution in [2.24, 2.45) is 5.73 Å². The summed E-state index contributed by atoms with van der Waals surface area (Å²) >= 11 is 0. The number of aliphatic carboxylic acids is 1. The number of hydrogen-bond acceptors (Lipinski definition) is 5. The summed E-state index contributed by atoms with van der Waals surface area (Å²) in [5.41, 5.74) is 4.33. The molecule has 6 nitrogen and oxygen atoms in total. The normalized spacial score (nSPS) is 14.2. The highest BCUT2D eigenvalue weighted by atomic mass is 16.4. The first-order valence-corrected chi connectivity index (χ1v) is 3.90. The van der Waals surface area contributed by atoms with Crippen LogP contribution in [0.5, 0.6) is 0 Å². The van der Waals surface area contributed by atoms with Gasteiger partial charge in [0.15, 0.2) is 0 Å². The third kappa shape index (κ3) is 4.18. The van der Waals surface area contributed by atoms with Gasteiger partial charge in [-0.2, -0.15) is 0 Å². The summed E-state index contributed by atoms with van der Waals surface area (Å²) in [5, 5.41) is 28.8. The summed E-state index contributed by atoms with van der Waals surface area (Å²) in [5.74, 6) is -1.12. The highest BCUT2D eigenvalue weighted by Crippen LogP contribution is 1.99. The second-order valence-corrected chi connectivity index (χ2v) is 3.20. The third-order valence-electron chi connectivity index (χ3n) is 1.76. The molecule has 1 unspecified atom stereocenters. The molecule has 6 heteroatoms. The number of rotatable bonds is 6. The van der Waals surface area contributed by atoms with E-state index in [1.54, 1.807) is 6.92 Å². The fourth-order valence-corrected chi connectivity index (χ4v) is 0.605. The van der Waals surface area contributed by atoms with Crippen LogP contribution in [0.25, 0.3) is 0 Å². The zero-order valence-corrected chi connectivity index (χ0v) is 7.53. The van der Waals surface area contributed by atoms with Crippen molar-refractivity contribution in [3.8, 4) is 0 Å². The van der Waals surface area contributed by atoms with Crippen LogP contribution < -0.4 is 11.1 Å². The van der Waals surface area contributed by atoms with Crippen LogP contribution in [-0.2, 0) is 4.79 Å². The number of nitrogens with two attached hydrogens (primary N) is 1. The highest BCUT2D eigenvalue weighted by molar-refractivity contribution is 5.73. The number of aliphatic hydroxyl groups excluding tert-OH is 2. The molecule has 0 aromatic carbocycles. The molecule has 0 bridgehead atoms. The minimum absolute atomic E-state index is 0.00690. The maximum atomic E-state index is 10.3. The first-order chi connectivity index (χ1) is 5.95. The average molecular weight is 192 g/mol. The molecule has 1 atom stereocenters. The molecule has 0 aliphatic rings. The van der Waals surface area contributed by atoms with E-state index in [2.05, 4.69) is 5.32 Å². The lowest BCUT2D eigenvalue weighted by molar-refractivity contribution is -0.138. The van der Waals surface area contributed by atoms with Crippen LogP contribution in [0.15, 0.2) is 0 Å².